The molecule has 3 aromatic carbocycles. The number of hydrogen-bond acceptors (Lipinski definition) is 3. The van der Waals surface area contributed by atoms with Crippen LogP contribution in [0.4, 0.5) is 0 Å². The molecule has 0 aromatic heterocycles. The highest BCUT2D eigenvalue weighted by Crippen LogP contribution is 2.80. The van der Waals surface area contributed by atoms with E-state index in [9.17, 15) is 9.59 Å². The van der Waals surface area contributed by atoms with Crippen LogP contribution >= 0.6 is 0 Å². The molecule has 0 aliphatic heterocycles. The van der Waals surface area contributed by atoms with Gasteiger partial charge in [-0.3, -0.25) is 9.59 Å². The van der Waals surface area contributed by atoms with E-state index in [1.807, 2.05) is 80.6 Å². The van der Waals surface area contributed by atoms with Gasteiger partial charge in [-0.2, -0.15) is 0 Å². The average molecular weight is 423 g/mol. The monoisotopic (exact) mass is 422 g/mol. The van der Waals surface area contributed by atoms with Gasteiger partial charge >= 0.3 is 0 Å². The number of ether oxygens (including phenoxy) is 1. The van der Waals surface area contributed by atoms with E-state index in [1.54, 1.807) is 0 Å². The molecule has 0 unspecified atom stereocenters. The first-order valence-corrected chi connectivity index (χ1v) is 11.4. The Bertz CT molecular complexity index is 1160. The third-order valence-electron chi connectivity index (χ3n) is 8.54. The minimum Gasteiger partial charge on any atom is -0.490 e. The van der Waals surface area contributed by atoms with Gasteiger partial charge in [-0.05, 0) is 29.7 Å². The van der Waals surface area contributed by atoms with E-state index in [2.05, 4.69) is 24.3 Å². The lowest BCUT2D eigenvalue weighted by atomic mass is 9.50. The van der Waals surface area contributed by atoms with Gasteiger partial charge in [0.2, 0.25) is 0 Å². The first-order valence-electron chi connectivity index (χ1n) is 11.4. The molecule has 6 rings (SSSR count). The molecular formula is C29H26O3. The Labute approximate surface area is 188 Å². The summed E-state index contributed by atoms with van der Waals surface area (Å²) in [5.41, 5.74) is 0.0416. The molecule has 160 valence electrons. The van der Waals surface area contributed by atoms with Gasteiger partial charge in [-0.25, -0.2) is 0 Å². The number of fused-ring (bicyclic) bond motifs is 2. The maximum atomic E-state index is 14.2. The summed E-state index contributed by atoms with van der Waals surface area (Å²) in [5.74, 6) is 0.381. The standard InChI is InChI=1S/C29H26O3/c1-27-18-22(32-21-16-10-5-11-17-21)23(27)25(30)28(2)24(26(27)31)29(28,19-12-6-3-7-13-19)20-14-8-4-9-15-20/h3-17,22-24H,18H2,1-2H3/t22-,23+,24-,27+,28-/m1/s1. The van der Waals surface area contributed by atoms with Crippen molar-refractivity contribution in [2.75, 3.05) is 0 Å². The van der Waals surface area contributed by atoms with E-state index < -0.39 is 22.2 Å². The maximum absolute atomic E-state index is 14.2. The fourth-order valence-corrected chi connectivity index (χ4v) is 6.98. The van der Waals surface area contributed by atoms with E-state index in [0.29, 0.717) is 6.42 Å². The molecule has 3 saturated carbocycles. The average Bonchev–Trinajstić information content (AvgIpc) is 3.41. The summed E-state index contributed by atoms with van der Waals surface area (Å²) >= 11 is 0. The highest BCUT2D eigenvalue weighted by molar-refractivity contribution is 6.13. The Morgan fingerprint density at radius 2 is 1.22 bits per heavy atom. The topological polar surface area (TPSA) is 43.4 Å². The van der Waals surface area contributed by atoms with Crippen molar-refractivity contribution in [1.29, 1.82) is 0 Å². The summed E-state index contributed by atoms with van der Waals surface area (Å²) in [6, 6.07) is 29.8. The molecule has 0 saturated heterocycles. The highest BCUT2D eigenvalue weighted by Gasteiger charge is 2.88. The summed E-state index contributed by atoms with van der Waals surface area (Å²) in [6.07, 6.45) is 0.324. The van der Waals surface area contributed by atoms with Crippen LogP contribution in [0.15, 0.2) is 91.0 Å². The lowest BCUT2D eigenvalue weighted by Gasteiger charge is -2.53. The Kier molecular flexibility index (Phi) is 3.90. The van der Waals surface area contributed by atoms with Crippen molar-refractivity contribution in [2.45, 2.75) is 31.8 Å². The molecule has 0 spiro atoms. The predicted octanol–water partition coefficient (Wildman–Crippen LogP) is 5.23. The molecule has 0 amide bonds. The summed E-state index contributed by atoms with van der Waals surface area (Å²) in [5, 5.41) is 0. The number of Topliss-reactive ketones (excluding diaryl/α,β-unsaturated/α-hetero) is 2. The minimum absolute atomic E-state index is 0.171. The van der Waals surface area contributed by atoms with E-state index in [-0.39, 0.29) is 23.6 Å². The van der Waals surface area contributed by atoms with Crippen molar-refractivity contribution >= 4 is 11.6 Å². The van der Waals surface area contributed by atoms with Crippen LogP contribution in [0.25, 0.3) is 0 Å². The Balaban J connectivity index is 1.47. The summed E-state index contributed by atoms with van der Waals surface area (Å²) in [4.78, 5) is 28.3. The zero-order chi connectivity index (χ0) is 22.1. The molecule has 3 aromatic rings. The number of rotatable bonds is 4. The van der Waals surface area contributed by atoms with E-state index in [4.69, 9.17) is 4.74 Å². The van der Waals surface area contributed by atoms with Gasteiger partial charge < -0.3 is 4.74 Å². The van der Waals surface area contributed by atoms with Crippen LogP contribution in [-0.2, 0) is 15.0 Å². The molecule has 0 radical (unpaired) electrons. The zero-order valence-corrected chi connectivity index (χ0v) is 18.3. The normalized spacial score (nSPS) is 34.1. The van der Waals surface area contributed by atoms with Crippen molar-refractivity contribution in [3.05, 3.63) is 102 Å². The molecule has 3 nitrogen and oxygen atoms in total. The largest absolute Gasteiger partial charge is 0.490 e. The Morgan fingerprint density at radius 1 is 0.719 bits per heavy atom. The van der Waals surface area contributed by atoms with Crippen LogP contribution in [-0.4, -0.2) is 17.7 Å². The van der Waals surface area contributed by atoms with Gasteiger partial charge in [0, 0.05) is 16.7 Å². The van der Waals surface area contributed by atoms with Crippen LogP contribution in [0.2, 0.25) is 0 Å². The van der Waals surface area contributed by atoms with Gasteiger partial charge in [-0.15, -0.1) is 0 Å². The van der Waals surface area contributed by atoms with Crippen LogP contribution < -0.4 is 4.74 Å². The third-order valence-corrected chi connectivity index (χ3v) is 8.54. The lowest BCUT2D eigenvalue weighted by molar-refractivity contribution is -0.172. The van der Waals surface area contributed by atoms with E-state index in [1.165, 1.54) is 0 Å². The second-order valence-electron chi connectivity index (χ2n) is 9.97. The second-order valence-corrected chi connectivity index (χ2v) is 9.97. The molecule has 0 bridgehead atoms. The SMILES string of the molecule is C[C@]12C(=O)[C@@H]3[C@H](Oc4ccccc4)C[C@]3(C)C(=O)[C@H]1C2(c1ccccc1)c1ccccc1. The van der Waals surface area contributed by atoms with Gasteiger partial charge in [0.1, 0.15) is 23.4 Å². The fraction of sp³-hybridized carbons (Fsp3) is 0.310. The smallest absolute Gasteiger partial charge is 0.148 e. The van der Waals surface area contributed by atoms with Gasteiger partial charge in [0.05, 0.1) is 11.3 Å². The summed E-state index contributed by atoms with van der Waals surface area (Å²) < 4.78 is 6.22. The van der Waals surface area contributed by atoms with Crippen molar-refractivity contribution in [2.24, 2.45) is 22.7 Å². The van der Waals surface area contributed by atoms with E-state index in [0.717, 1.165) is 16.9 Å². The quantitative estimate of drug-likeness (QED) is 0.578. The van der Waals surface area contributed by atoms with Gasteiger partial charge in [0.15, 0.2) is 0 Å². The maximum Gasteiger partial charge on any atom is 0.148 e. The van der Waals surface area contributed by atoms with Crippen LogP contribution in [0.1, 0.15) is 31.4 Å². The molecule has 3 fully saturated rings. The number of hydrogen-bond donors (Lipinski definition) is 0. The number of carbonyl (C=O) groups is 2. The predicted molar refractivity (Wildman–Crippen MR) is 122 cm³/mol. The number of ketones is 2. The molecule has 3 heteroatoms. The molecule has 0 N–H and O–H groups in total. The molecule has 3 aliphatic carbocycles. The number of carbonyl (C=O) groups excluding carboxylic acids is 2. The summed E-state index contributed by atoms with van der Waals surface area (Å²) in [6.45, 7) is 3.98. The van der Waals surface area contributed by atoms with Crippen molar-refractivity contribution in [3.8, 4) is 5.75 Å². The first-order chi connectivity index (χ1) is 15.5. The van der Waals surface area contributed by atoms with Crippen LogP contribution in [0, 0.1) is 22.7 Å². The lowest BCUT2D eigenvalue weighted by Crippen LogP contribution is -2.64. The fourth-order valence-electron chi connectivity index (χ4n) is 6.98. The second kappa shape index (κ2) is 6.41. The highest BCUT2D eigenvalue weighted by atomic mass is 16.5. The number of benzene rings is 3. The minimum atomic E-state index is -0.768. The Morgan fingerprint density at radius 3 is 1.75 bits per heavy atom. The van der Waals surface area contributed by atoms with E-state index >= 15 is 0 Å². The van der Waals surface area contributed by atoms with Crippen molar-refractivity contribution in [3.63, 3.8) is 0 Å². The Hall–Kier alpha value is -3.20. The molecular weight excluding hydrogens is 396 g/mol. The molecule has 3 aliphatic rings. The van der Waals surface area contributed by atoms with Gasteiger partial charge in [-0.1, -0.05) is 92.7 Å². The van der Waals surface area contributed by atoms with Gasteiger partial charge in [0.25, 0.3) is 0 Å². The summed E-state index contributed by atoms with van der Waals surface area (Å²) in [7, 11) is 0. The zero-order valence-electron chi connectivity index (χ0n) is 18.3. The van der Waals surface area contributed by atoms with Crippen LogP contribution in [0.5, 0.6) is 5.75 Å². The molecule has 5 atom stereocenters. The van der Waals surface area contributed by atoms with Crippen molar-refractivity contribution < 1.29 is 14.3 Å². The third kappa shape index (κ3) is 2.16. The number of para-hydroxylation sites is 1. The van der Waals surface area contributed by atoms with Crippen molar-refractivity contribution in [1.82, 2.24) is 0 Å². The van der Waals surface area contributed by atoms with Crippen LogP contribution in [0.3, 0.4) is 0 Å². The first kappa shape index (κ1) is 19.5. The molecule has 0 heterocycles. The molecule has 32 heavy (non-hydrogen) atoms.